The van der Waals surface area contributed by atoms with E-state index in [0.29, 0.717) is 24.2 Å². The monoisotopic (exact) mass is 371 g/mol. The van der Waals surface area contributed by atoms with Crippen LogP contribution in [0.1, 0.15) is 46.0 Å². The van der Waals surface area contributed by atoms with Gasteiger partial charge in [-0.25, -0.2) is 10.4 Å². The van der Waals surface area contributed by atoms with E-state index in [1.807, 2.05) is 0 Å². The number of hydrogen-bond donors (Lipinski definition) is 3. The Kier molecular flexibility index (Phi) is 7.03. The lowest BCUT2D eigenvalue weighted by atomic mass is 9.74. The van der Waals surface area contributed by atoms with Crippen molar-refractivity contribution in [2.24, 2.45) is 23.5 Å². The van der Waals surface area contributed by atoms with E-state index in [9.17, 15) is 0 Å². The molecule has 0 aromatic carbocycles. The highest BCUT2D eigenvalue weighted by Crippen LogP contribution is 2.38. The van der Waals surface area contributed by atoms with Crippen molar-refractivity contribution < 1.29 is 0 Å². The summed E-state index contributed by atoms with van der Waals surface area (Å²) in [5, 5.41) is 6.57. The molecule has 5 nitrogen and oxygen atoms in total. The maximum atomic E-state index is 6.83. The first-order valence-electron chi connectivity index (χ1n) is 10.3. The van der Waals surface area contributed by atoms with Gasteiger partial charge in [0.1, 0.15) is 0 Å². The molecule has 0 radical (unpaired) electrons. The lowest BCUT2D eigenvalue weighted by molar-refractivity contribution is 0.126. The summed E-state index contributed by atoms with van der Waals surface area (Å²) in [5.41, 5.74) is 9.37. The highest BCUT2D eigenvalue weighted by Gasteiger charge is 2.45. The summed E-state index contributed by atoms with van der Waals surface area (Å²) in [6, 6.07) is 1.08. The van der Waals surface area contributed by atoms with Crippen molar-refractivity contribution in [3.63, 3.8) is 0 Å². The van der Waals surface area contributed by atoms with Gasteiger partial charge in [0.05, 0.1) is 6.17 Å². The molecule has 0 amide bonds. The van der Waals surface area contributed by atoms with Crippen molar-refractivity contribution in [2.75, 3.05) is 33.2 Å². The Balaban J connectivity index is 1.55. The highest BCUT2D eigenvalue weighted by atomic mass is 35.5. The first-order chi connectivity index (χ1) is 12.0. The summed E-state index contributed by atoms with van der Waals surface area (Å²) in [6.07, 6.45) is 6.88. The van der Waals surface area contributed by atoms with Crippen LogP contribution in [0.4, 0.5) is 0 Å². The zero-order valence-electron chi connectivity index (χ0n) is 16.3. The molecule has 2 saturated heterocycles. The fourth-order valence-corrected chi connectivity index (χ4v) is 5.58. The predicted octanol–water partition coefficient (Wildman–Crippen LogP) is 1.82. The summed E-state index contributed by atoms with van der Waals surface area (Å²) in [5.74, 6) is 2.10. The van der Waals surface area contributed by atoms with Gasteiger partial charge in [-0.15, -0.1) is 11.6 Å². The Morgan fingerprint density at radius 1 is 1.28 bits per heavy atom. The average molecular weight is 372 g/mol. The van der Waals surface area contributed by atoms with Gasteiger partial charge in [-0.2, -0.15) is 0 Å². The van der Waals surface area contributed by atoms with Crippen LogP contribution in [0.15, 0.2) is 0 Å². The van der Waals surface area contributed by atoms with Crippen LogP contribution in [0.5, 0.6) is 0 Å². The molecule has 6 heteroatoms. The van der Waals surface area contributed by atoms with Gasteiger partial charge in [0.2, 0.25) is 0 Å². The van der Waals surface area contributed by atoms with Crippen molar-refractivity contribution in [3.05, 3.63) is 0 Å². The molecule has 0 spiro atoms. The Labute approximate surface area is 159 Å². The molecule has 2 heterocycles. The molecule has 1 aliphatic carbocycles. The Morgan fingerprint density at radius 2 is 2.08 bits per heavy atom. The van der Waals surface area contributed by atoms with Gasteiger partial charge < -0.3 is 10.6 Å². The van der Waals surface area contributed by atoms with E-state index in [1.54, 1.807) is 0 Å². The molecule has 2 aliphatic heterocycles. The molecular formula is C19H38ClN5. The molecule has 3 rings (SSSR count). The number of nitrogens with two attached hydrogens (primary N) is 1. The molecule has 1 saturated carbocycles. The molecule has 6 atom stereocenters. The van der Waals surface area contributed by atoms with Gasteiger partial charge in [0, 0.05) is 49.6 Å². The SMILES string of the molecule is CC(C)N1CC2C(Cl)CC(C3CCCC(CN(C)CCN)C3)NC2N1. The largest absolute Gasteiger partial charge is 0.329 e. The van der Waals surface area contributed by atoms with Crippen molar-refractivity contribution in [1.82, 2.24) is 20.7 Å². The minimum Gasteiger partial charge on any atom is -0.329 e. The molecule has 0 bridgehead atoms. The number of nitrogens with one attached hydrogen (secondary N) is 2. The molecule has 146 valence electrons. The minimum atomic E-state index is 0.285. The van der Waals surface area contributed by atoms with E-state index < -0.39 is 0 Å². The van der Waals surface area contributed by atoms with Gasteiger partial charge in [0.25, 0.3) is 0 Å². The first-order valence-corrected chi connectivity index (χ1v) is 10.7. The summed E-state index contributed by atoms with van der Waals surface area (Å²) < 4.78 is 0. The van der Waals surface area contributed by atoms with E-state index >= 15 is 0 Å². The minimum absolute atomic E-state index is 0.285. The van der Waals surface area contributed by atoms with Gasteiger partial charge in [-0.1, -0.05) is 6.42 Å². The maximum Gasteiger partial charge on any atom is 0.0764 e. The number of alkyl halides is 1. The molecule has 3 fully saturated rings. The van der Waals surface area contributed by atoms with E-state index in [-0.39, 0.29) is 5.38 Å². The molecule has 25 heavy (non-hydrogen) atoms. The fraction of sp³-hybridized carbons (Fsp3) is 1.00. The molecular weight excluding hydrogens is 334 g/mol. The third-order valence-corrected chi connectivity index (χ3v) is 7.08. The third kappa shape index (κ3) is 4.88. The van der Waals surface area contributed by atoms with Crippen molar-refractivity contribution in [3.8, 4) is 0 Å². The van der Waals surface area contributed by atoms with Gasteiger partial charge in [-0.05, 0) is 58.4 Å². The summed E-state index contributed by atoms with van der Waals surface area (Å²) >= 11 is 6.83. The number of hydrazine groups is 1. The molecule has 0 aromatic rings. The van der Waals surface area contributed by atoms with Crippen LogP contribution in [0, 0.1) is 17.8 Å². The van der Waals surface area contributed by atoms with Crippen LogP contribution in [0.2, 0.25) is 0 Å². The third-order valence-electron chi connectivity index (χ3n) is 6.57. The molecule has 6 unspecified atom stereocenters. The van der Waals surface area contributed by atoms with Crippen LogP contribution < -0.4 is 16.5 Å². The van der Waals surface area contributed by atoms with Crippen molar-refractivity contribution in [2.45, 2.75) is 69.6 Å². The second-order valence-electron chi connectivity index (χ2n) is 8.89. The zero-order chi connectivity index (χ0) is 18.0. The molecule has 0 aromatic heterocycles. The van der Waals surface area contributed by atoms with E-state index in [2.05, 4.69) is 41.5 Å². The van der Waals surface area contributed by atoms with Crippen molar-refractivity contribution in [1.29, 1.82) is 0 Å². The maximum absolute atomic E-state index is 6.83. The number of rotatable bonds is 6. The Bertz CT molecular complexity index is 421. The number of likely N-dealkylation sites (N-methyl/N-ethyl adjacent to an activating group) is 1. The average Bonchev–Trinajstić information content (AvgIpc) is 3.00. The van der Waals surface area contributed by atoms with Crippen molar-refractivity contribution >= 4 is 11.6 Å². The Hall–Kier alpha value is 0.0900. The number of nitrogens with zero attached hydrogens (tertiary/aromatic N) is 2. The van der Waals surface area contributed by atoms with E-state index in [0.717, 1.165) is 37.9 Å². The second kappa shape index (κ2) is 8.85. The van der Waals surface area contributed by atoms with Crippen LogP contribution in [0.3, 0.4) is 0 Å². The smallest absolute Gasteiger partial charge is 0.0764 e. The second-order valence-corrected chi connectivity index (χ2v) is 9.45. The number of halogens is 1. The predicted molar refractivity (Wildman–Crippen MR) is 105 cm³/mol. The summed E-state index contributed by atoms with van der Waals surface area (Å²) in [6.45, 7) is 8.50. The standard InChI is InChI=1S/C19H38ClN5/c1-13(2)25-12-16-17(20)10-18(22-19(16)23-25)15-6-4-5-14(9-15)11-24(3)8-7-21/h13-19,22-23H,4-12,21H2,1-3H3. The topological polar surface area (TPSA) is 56.6 Å². The summed E-state index contributed by atoms with van der Waals surface area (Å²) in [7, 11) is 2.21. The van der Waals surface area contributed by atoms with Crippen LogP contribution in [-0.4, -0.2) is 66.8 Å². The quantitative estimate of drug-likeness (QED) is 0.622. The van der Waals surface area contributed by atoms with Gasteiger partial charge >= 0.3 is 0 Å². The number of piperidine rings is 1. The highest BCUT2D eigenvalue weighted by molar-refractivity contribution is 6.21. The van der Waals surface area contributed by atoms with Gasteiger partial charge in [-0.3, -0.25) is 5.32 Å². The summed E-state index contributed by atoms with van der Waals surface area (Å²) in [4.78, 5) is 2.40. The lowest BCUT2D eigenvalue weighted by Gasteiger charge is -2.43. The fourth-order valence-electron chi connectivity index (χ4n) is 5.16. The van der Waals surface area contributed by atoms with Crippen LogP contribution in [-0.2, 0) is 0 Å². The van der Waals surface area contributed by atoms with Crippen LogP contribution in [0.25, 0.3) is 0 Å². The normalized spacial score (nSPS) is 40.0. The Morgan fingerprint density at radius 3 is 2.80 bits per heavy atom. The van der Waals surface area contributed by atoms with E-state index in [4.69, 9.17) is 17.3 Å². The van der Waals surface area contributed by atoms with Gasteiger partial charge in [0.15, 0.2) is 0 Å². The van der Waals surface area contributed by atoms with E-state index in [1.165, 1.54) is 32.2 Å². The number of fused-ring (bicyclic) bond motifs is 1. The molecule has 3 aliphatic rings. The zero-order valence-corrected chi connectivity index (χ0v) is 17.0. The number of hydrogen-bond acceptors (Lipinski definition) is 5. The van der Waals surface area contributed by atoms with Crippen LogP contribution >= 0.6 is 11.6 Å². The lowest BCUT2D eigenvalue weighted by Crippen LogP contribution is -2.58. The first kappa shape index (κ1) is 19.8. The molecule has 4 N–H and O–H groups in total.